The first-order valence-corrected chi connectivity index (χ1v) is 8.08. The Labute approximate surface area is 143 Å². The van der Waals surface area contributed by atoms with Crippen LogP contribution in [0.4, 0.5) is 10.1 Å². The highest BCUT2D eigenvalue weighted by molar-refractivity contribution is 9.10. The van der Waals surface area contributed by atoms with Gasteiger partial charge in [0.1, 0.15) is 5.82 Å². The molecular weight excluding hydrogens is 355 g/mol. The van der Waals surface area contributed by atoms with Crippen LogP contribution >= 0.6 is 15.9 Å². The lowest BCUT2D eigenvalue weighted by Crippen LogP contribution is -1.99. The van der Waals surface area contributed by atoms with Crippen LogP contribution in [-0.4, -0.2) is 10.8 Å². The predicted octanol–water partition coefficient (Wildman–Crippen LogP) is 5.75. The van der Waals surface area contributed by atoms with Gasteiger partial charge < -0.3 is 4.57 Å². The van der Waals surface area contributed by atoms with Gasteiger partial charge in [-0.2, -0.15) is 0 Å². The average Bonchev–Trinajstić information content (AvgIpc) is 2.81. The van der Waals surface area contributed by atoms with Crippen LogP contribution in [0.5, 0.6) is 0 Å². The van der Waals surface area contributed by atoms with E-state index in [2.05, 4.69) is 31.6 Å². The van der Waals surface area contributed by atoms with Gasteiger partial charge in [-0.1, -0.05) is 22.0 Å². The van der Waals surface area contributed by atoms with Crippen molar-refractivity contribution >= 4 is 27.8 Å². The average molecular weight is 371 g/mol. The third-order valence-electron chi connectivity index (χ3n) is 3.72. The highest BCUT2D eigenvalue weighted by Gasteiger charge is 2.09. The summed E-state index contributed by atoms with van der Waals surface area (Å²) >= 11 is 3.45. The molecular formula is C19H16BrFN2. The molecule has 4 heteroatoms. The van der Waals surface area contributed by atoms with Crippen LogP contribution in [0.15, 0.2) is 64.1 Å². The molecule has 2 aromatic carbocycles. The molecule has 0 bridgehead atoms. The molecule has 2 nitrogen and oxygen atoms in total. The first-order valence-electron chi connectivity index (χ1n) is 7.29. The lowest BCUT2D eigenvalue weighted by atomic mass is 10.2. The van der Waals surface area contributed by atoms with E-state index in [1.165, 1.54) is 12.1 Å². The number of hydrogen-bond donors (Lipinski definition) is 0. The molecule has 0 fully saturated rings. The monoisotopic (exact) mass is 370 g/mol. The van der Waals surface area contributed by atoms with Gasteiger partial charge >= 0.3 is 0 Å². The van der Waals surface area contributed by atoms with Crippen molar-refractivity contribution in [2.75, 3.05) is 0 Å². The molecule has 3 aromatic rings. The molecule has 0 radical (unpaired) electrons. The zero-order valence-electron chi connectivity index (χ0n) is 12.9. The van der Waals surface area contributed by atoms with E-state index < -0.39 is 0 Å². The summed E-state index contributed by atoms with van der Waals surface area (Å²) in [5.41, 5.74) is 5.05. The van der Waals surface area contributed by atoms with Crippen LogP contribution in [0, 0.1) is 19.7 Å². The van der Waals surface area contributed by atoms with Crippen LogP contribution in [0.25, 0.3) is 5.69 Å². The van der Waals surface area contributed by atoms with Crippen molar-refractivity contribution in [2.45, 2.75) is 13.8 Å². The zero-order chi connectivity index (χ0) is 16.4. The van der Waals surface area contributed by atoms with E-state index in [0.29, 0.717) is 0 Å². The summed E-state index contributed by atoms with van der Waals surface area (Å²) in [4.78, 5) is 4.53. The highest BCUT2D eigenvalue weighted by atomic mass is 79.9. The Morgan fingerprint density at radius 3 is 2.48 bits per heavy atom. The molecule has 0 aliphatic heterocycles. The molecule has 1 aromatic heterocycles. The van der Waals surface area contributed by atoms with E-state index >= 15 is 0 Å². The lowest BCUT2D eigenvalue weighted by molar-refractivity contribution is 0.627. The molecule has 0 saturated carbocycles. The van der Waals surface area contributed by atoms with Gasteiger partial charge in [0.15, 0.2) is 0 Å². The van der Waals surface area contributed by atoms with Gasteiger partial charge in [-0.15, -0.1) is 0 Å². The van der Waals surface area contributed by atoms with Crippen LogP contribution < -0.4 is 0 Å². The third-order valence-corrected chi connectivity index (χ3v) is 4.21. The summed E-state index contributed by atoms with van der Waals surface area (Å²) in [6.07, 6.45) is 1.87. The molecule has 0 amide bonds. The van der Waals surface area contributed by atoms with E-state index in [4.69, 9.17) is 0 Å². The number of aryl methyl sites for hydroxylation is 1. The first-order chi connectivity index (χ1) is 11.0. The Balaban J connectivity index is 1.96. The second-order valence-corrected chi connectivity index (χ2v) is 6.29. The lowest BCUT2D eigenvalue weighted by Gasteiger charge is -2.09. The van der Waals surface area contributed by atoms with E-state index in [9.17, 15) is 4.39 Å². The van der Waals surface area contributed by atoms with Gasteiger partial charge in [0, 0.05) is 33.3 Å². The van der Waals surface area contributed by atoms with Gasteiger partial charge in [0.2, 0.25) is 0 Å². The molecule has 0 aliphatic rings. The SMILES string of the molecule is Cc1cc(C=Nc2cccc(Br)c2)c(C)n1-c1ccc(F)cc1. The minimum atomic E-state index is -0.229. The molecule has 3 rings (SSSR count). The Bertz CT molecular complexity index is 864. The summed E-state index contributed by atoms with van der Waals surface area (Å²) in [5, 5.41) is 0. The van der Waals surface area contributed by atoms with Crippen LogP contribution in [0.2, 0.25) is 0 Å². The molecule has 0 spiro atoms. The maximum absolute atomic E-state index is 13.1. The molecule has 116 valence electrons. The highest BCUT2D eigenvalue weighted by Crippen LogP contribution is 2.22. The van der Waals surface area contributed by atoms with Crippen molar-refractivity contribution in [3.63, 3.8) is 0 Å². The van der Waals surface area contributed by atoms with Crippen molar-refractivity contribution < 1.29 is 4.39 Å². The predicted molar refractivity (Wildman–Crippen MR) is 96.6 cm³/mol. The maximum Gasteiger partial charge on any atom is 0.123 e. The summed E-state index contributed by atoms with van der Waals surface area (Å²) in [6, 6.07) is 16.5. The second-order valence-electron chi connectivity index (χ2n) is 5.38. The Kier molecular flexibility index (Phi) is 4.44. The van der Waals surface area contributed by atoms with Crippen LogP contribution in [0.1, 0.15) is 17.0 Å². The van der Waals surface area contributed by atoms with E-state index in [1.807, 2.05) is 44.3 Å². The van der Waals surface area contributed by atoms with Gasteiger partial charge in [0.05, 0.1) is 5.69 Å². The fourth-order valence-corrected chi connectivity index (χ4v) is 2.99. The number of nitrogens with zero attached hydrogens (tertiary/aromatic N) is 2. The number of aliphatic imine (C=N–C) groups is 1. The topological polar surface area (TPSA) is 17.3 Å². The Morgan fingerprint density at radius 1 is 1.04 bits per heavy atom. The molecule has 23 heavy (non-hydrogen) atoms. The van der Waals surface area contributed by atoms with Crippen molar-refractivity contribution in [3.05, 3.63) is 81.8 Å². The van der Waals surface area contributed by atoms with Gasteiger partial charge in [-0.25, -0.2) is 4.39 Å². The molecule has 1 heterocycles. The van der Waals surface area contributed by atoms with Crippen molar-refractivity contribution in [3.8, 4) is 5.69 Å². The largest absolute Gasteiger partial charge is 0.318 e. The summed E-state index contributed by atoms with van der Waals surface area (Å²) < 4.78 is 16.2. The molecule has 0 atom stereocenters. The molecule has 0 aliphatic carbocycles. The number of aromatic nitrogens is 1. The Morgan fingerprint density at radius 2 is 1.78 bits per heavy atom. The van der Waals surface area contributed by atoms with E-state index in [0.717, 1.165) is 32.8 Å². The fraction of sp³-hybridized carbons (Fsp3) is 0.105. The summed E-state index contributed by atoms with van der Waals surface area (Å²) in [6.45, 7) is 4.07. The van der Waals surface area contributed by atoms with Crippen molar-refractivity contribution in [2.24, 2.45) is 4.99 Å². The summed E-state index contributed by atoms with van der Waals surface area (Å²) in [7, 11) is 0. The standard InChI is InChI=1S/C19H16BrFN2/c1-13-10-15(12-22-18-5-3-4-16(20)11-18)14(2)23(13)19-8-6-17(21)7-9-19/h3-12H,1-2H3. The summed E-state index contributed by atoms with van der Waals surface area (Å²) in [5.74, 6) is -0.229. The quantitative estimate of drug-likeness (QED) is 0.522. The molecule has 0 unspecified atom stereocenters. The zero-order valence-corrected chi connectivity index (χ0v) is 14.5. The van der Waals surface area contributed by atoms with Gasteiger partial charge in [-0.05, 0) is 62.4 Å². The minimum absolute atomic E-state index is 0.229. The van der Waals surface area contributed by atoms with E-state index in [-0.39, 0.29) is 5.82 Å². The smallest absolute Gasteiger partial charge is 0.123 e. The number of benzene rings is 2. The minimum Gasteiger partial charge on any atom is -0.318 e. The number of halogens is 2. The Hall–Kier alpha value is -2.20. The van der Waals surface area contributed by atoms with Crippen molar-refractivity contribution in [1.29, 1.82) is 0 Å². The normalized spacial score (nSPS) is 11.3. The van der Waals surface area contributed by atoms with Crippen LogP contribution in [0.3, 0.4) is 0 Å². The second kappa shape index (κ2) is 6.50. The van der Waals surface area contributed by atoms with Gasteiger partial charge in [-0.3, -0.25) is 4.99 Å². The third kappa shape index (κ3) is 3.42. The maximum atomic E-state index is 13.1. The van der Waals surface area contributed by atoms with Crippen molar-refractivity contribution in [1.82, 2.24) is 4.57 Å². The van der Waals surface area contributed by atoms with Gasteiger partial charge in [0.25, 0.3) is 0 Å². The molecule has 0 saturated heterocycles. The fourth-order valence-electron chi connectivity index (χ4n) is 2.61. The van der Waals surface area contributed by atoms with Crippen LogP contribution in [-0.2, 0) is 0 Å². The van der Waals surface area contributed by atoms with E-state index in [1.54, 1.807) is 12.1 Å². The number of hydrogen-bond acceptors (Lipinski definition) is 1. The molecule has 0 N–H and O–H groups in total. The number of rotatable bonds is 3. The first kappa shape index (κ1) is 15.7.